The van der Waals surface area contributed by atoms with Crippen molar-refractivity contribution in [1.82, 2.24) is 15.2 Å². The van der Waals surface area contributed by atoms with Crippen molar-refractivity contribution in [2.24, 2.45) is 0 Å². The number of benzene rings is 1. The van der Waals surface area contributed by atoms with E-state index < -0.39 is 0 Å². The summed E-state index contributed by atoms with van der Waals surface area (Å²) in [6, 6.07) is 8.55. The summed E-state index contributed by atoms with van der Waals surface area (Å²) in [5.41, 5.74) is 8.04. The molecule has 1 aromatic heterocycles. The third-order valence-corrected chi connectivity index (χ3v) is 4.51. The Kier molecular flexibility index (Phi) is 2.89. The maximum Gasteiger partial charge on any atom is 0.267 e. The average molecular weight is 284 g/mol. The van der Waals surface area contributed by atoms with Crippen molar-refractivity contribution < 1.29 is 4.79 Å². The maximum atomic E-state index is 12.4. The fourth-order valence-electron chi connectivity index (χ4n) is 3.21. The summed E-state index contributed by atoms with van der Waals surface area (Å²) < 4.78 is 0. The Labute approximate surface area is 123 Å². The van der Waals surface area contributed by atoms with E-state index in [2.05, 4.69) is 15.2 Å². The molecule has 1 saturated heterocycles. The van der Waals surface area contributed by atoms with Gasteiger partial charge in [-0.15, -0.1) is 0 Å². The lowest BCUT2D eigenvalue weighted by Crippen LogP contribution is -2.37. The van der Waals surface area contributed by atoms with Gasteiger partial charge in [0.05, 0.1) is 0 Å². The normalized spacial score (nSPS) is 22.8. The lowest BCUT2D eigenvalue weighted by molar-refractivity contribution is 0.0933. The molecule has 1 unspecified atom stereocenters. The predicted molar refractivity (Wildman–Crippen MR) is 83.2 cm³/mol. The molecule has 2 fully saturated rings. The van der Waals surface area contributed by atoms with Crippen molar-refractivity contribution in [2.45, 2.75) is 31.3 Å². The first-order chi connectivity index (χ1) is 10.2. The van der Waals surface area contributed by atoms with Crippen LogP contribution < -0.4 is 11.1 Å². The summed E-state index contributed by atoms with van der Waals surface area (Å²) in [7, 11) is 0. The first-order valence-corrected chi connectivity index (χ1v) is 7.62. The molecule has 5 heteroatoms. The second-order valence-corrected chi connectivity index (χ2v) is 6.21. The number of likely N-dealkylation sites (tertiary alicyclic amines) is 1. The van der Waals surface area contributed by atoms with Crippen molar-refractivity contribution in [3.63, 3.8) is 0 Å². The summed E-state index contributed by atoms with van der Waals surface area (Å²) >= 11 is 0. The van der Waals surface area contributed by atoms with E-state index >= 15 is 0 Å². The summed E-state index contributed by atoms with van der Waals surface area (Å²) in [6.07, 6.45) is 3.70. The van der Waals surface area contributed by atoms with Gasteiger partial charge in [0.15, 0.2) is 0 Å². The first kappa shape index (κ1) is 12.7. The van der Waals surface area contributed by atoms with Gasteiger partial charge >= 0.3 is 0 Å². The monoisotopic (exact) mass is 284 g/mol. The Morgan fingerprint density at radius 3 is 2.95 bits per heavy atom. The van der Waals surface area contributed by atoms with Gasteiger partial charge in [0, 0.05) is 41.8 Å². The minimum atomic E-state index is -0.0209. The van der Waals surface area contributed by atoms with Gasteiger partial charge in [-0.3, -0.25) is 9.69 Å². The molecule has 1 saturated carbocycles. The molecule has 1 aromatic carbocycles. The number of hydrogen-bond acceptors (Lipinski definition) is 3. The molecule has 5 nitrogen and oxygen atoms in total. The molecule has 4 N–H and O–H groups in total. The minimum absolute atomic E-state index is 0.0209. The van der Waals surface area contributed by atoms with E-state index in [1.54, 1.807) is 0 Å². The van der Waals surface area contributed by atoms with E-state index in [9.17, 15) is 4.79 Å². The van der Waals surface area contributed by atoms with Crippen LogP contribution in [0.15, 0.2) is 24.3 Å². The number of carbonyl (C=O) groups is 1. The van der Waals surface area contributed by atoms with Crippen molar-refractivity contribution in [3.05, 3.63) is 30.0 Å². The third-order valence-electron chi connectivity index (χ3n) is 4.51. The van der Waals surface area contributed by atoms with Crippen LogP contribution in [-0.2, 0) is 0 Å². The Balaban J connectivity index is 1.46. The standard InChI is InChI=1S/C16H20N4O/c17-11-1-4-14-10(7-11)8-15(19-14)16(21)18-12-5-6-20(9-12)13-2-3-13/h1,4,7-8,12-13,19H,2-3,5-6,9,17H2,(H,18,21). The predicted octanol–water partition coefficient (Wildman–Crippen LogP) is 1.72. The van der Waals surface area contributed by atoms with E-state index in [0.29, 0.717) is 11.4 Å². The number of rotatable bonds is 3. The quantitative estimate of drug-likeness (QED) is 0.751. The number of nitrogens with one attached hydrogen (secondary N) is 2. The topological polar surface area (TPSA) is 74.1 Å². The van der Waals surface area contributed by atoms with Crippen molar-refractivity contribution in [3.8, 4) is 0 Å². The molecular formula is C16H20N4O. The van der Waals surface area contributed by atoms with E-state index in [4.69, 9.17) is 5.73 Å². The van der Waals surface area contributed by atoms with Gasteiger partial charge < -0.3 is 16.0 Å². The van der Waals surface area contributed by atoms with Gasteiger partial charge in [-0.2, -0.15) is 0 Å². The number of aromatic nitrogens is 1. The molecule has 4 rings (SSSR count). The zero-order valence-corrected chi connectivity index (χ0v) is 11.9. The number of H-pyrrole nitrogens is 1. The highest BCUT2D eigenvalue weighted by molar-refractivity contribution is 5.98. The van der Waals surface area contributed by atoms with Crippen LogP contribution >= 0.6 is 0 Å². The molecule has 2 aliphatic rings. The summed E-state index contributed by atoms with van der Waals surface area (Å²) in [5.74, 6) is -0.0209. The molecule has 0 radical (unpaired) electrons. The van der Waals surface area contributed by atoms with Crippen LogP contribution in [0.3, 0.4) is 0 Å². The highest BCUT2D eigenvalue weighted by Crippen LogP contribution is 2.29. The lowest BCUT2D eigenvalue weighted by atomic mass is 10.2. The molecular weight excluding hydrogens is 264 g/mol. The van der Waals surface area contributed by atoms with Gasteiger partial charge in [-0.25, -0.2) is 0 Å². The Morgan fingerprint density at radius 2 is 2.14 bits per heavy atom. The van der Waals surface area contributed by atoms with Crippen LogP contribution in [0, 0.1) is 0 Å². The zero-order valence-electron chi connectivity index (χ0n) is 11.9. The second-order valence-electron chi connectivity index (χ2n) is 6.21. The first-order valence-electron chi connectivity index (χ1n) is 7.62. The molecule has 0 bridgehead atoms. The number of fused-ring (bicyclic) bond motifs is 1. The van der Waals surface area contributed by atoms with Gasteiger partial charge in [0.2, 0.25) is 0 Å². The summed E-state index contributed by atoms with van der Waals surface area (Å²) in [6.45, 7) is 2.10. The zero-order chi connectivity index (χ0) is 14.4. The third kappa shape index (κ3) is 2.49. The molecule has 1 atom stereocenters. The van der Waals surface area contributed by atoms with Crippen LogP contribution in [0.2, 0.25) is 0 Å². The summed E-state index contributed by atoms with van der Waals surface area (Å²) in [4.78, 5) is 18.0. The van der Waals surface area contributed by atoms with Crippen molar-refractivity contribution in [2.75, 3.05) is 18.8 Å². The fourth-order valence-corrected chi connectivity index (χ4v) is 3.21. The number of nitrogen functional groups attached to an aromatic ring is 1. The van der Waals surface area contributed by atoms with Gasteiger partial charge in [-0.1, -0.05) is 0 Å². The SMILES string of the molecule is Nc1ccc2[nH]c(C(=O)NC3CCN(C4CC4)C3)cc2c1. The minimum Gasteiger partial charge on any atom is -0.399 e. The number of carbonyl (C=O) groups excluding carboxylic acids is 1. The van der Waals surface area contributed by atoms with Crippen molar-refractivity contribution in [1.29, 1.82) is 0 Å². The van der Waals surface area contributed by atoms with Crippen LogP contribution in [0.5, 0.6) is 0 Å². The van der Waals surface area contributed by atoms with Crippen LogP contribution in [0.1, 0.15) is 29.8 Å². The molecule has 21 heavy (non-hydrogen) atoms. The van der Waals surface area contributed by atoms with Gasteiger partial charge in [0.25, 0.3) is 5.91 Å². The summed E-state index contributed by atoms with van der Waals surface area (Å²) in [5, 5.41) is 4.12. The maximum absolute atomic E-state index is 12.4. The molecule has 2 heterocycles. The smallest absolute Gasteiger partial charge is 0.267 e. The number of nitrogens with two attached hydrogens (primary N) is 1. The van der Waals surface area contributed by atoms with E-state index in [-0.39, 0.29) is 11.9 Å². The Morgan fingerprint density at radius 1 is 1.29 bits per heavy atom. The van der Waals surface area contributed by atoms with E-state index in [1.807, 2.05) is 24.3 Å². The number of amides is 1. The fraction of sp³-hybridized carbons (Fsp3) is 0.438. The van der Waals surface area contributed by atoms with E-state index in [0.717, 1.165) is 36.5 Å². The Hall–Kier alpha value is -2.01. The van der Waals surface area contributed by atoms with Crippen molar-refractivity contribution >= 4 is 22.5 Å². The number of aromatic amines is 1. The number of anilines is 1. The largest absolute Gasteiger partial charge is 0.399 e. The number of nitrogens with zero attached hydrogens (tertiary/aromatic N) is 1. The molecule has 2 aromatic rings. The molecule has 110 valence electrons. The number of hydrogen-bond donors (Lipinski definition) is 3. The van der Waals surface area contributed by atoms with Crippen LogP contribution in [-0.4, -0.2) is 41.0 Å². The van der Waals surface area contributed by atoms with Crippen LogP contribution in [0.25, 0.3) is 10.9 Å². The Bertz CT molecular complexity index is 689. The van der Waals surface area contributed by atoms with Gasteiger partial charge in [-0.05, 0) is 43.5 Å². The molecule has 0 spiro atoms. The molecule has 1 aliphatic carbocycles. The van der Waals surface area contributed by atoms with E-state index in [1.165, 1.54) is 12.8 Å². The second kappa shape index (κ2) is 4.77. The molecule has 1 amide bonds. The highest BCUT2D eigenvalue weighted by Gasteiger charge is 2.34. The average Bonchev–Trinajstić information content (AvgIpc) is 3.06. The van der Waals surface area contributed by atoms with Gasteiger partial charge in [0.1, 0.15) is 5.69 Å². The highest BCUT2D eigenvalue weighted by atomic mass is 16.2. The van der Waals surface area contributed by atoms with Crippen LogP contribution in [0.4, 0.5) is 5.69 Å². The lowest BCUT2D eigenvalue weighted by Gasteiger charge is -2.15. The molecule has 1 aliphatic heterocycles.